The largest absolute Gasteiger partial charge is 0.383 e. The minimum absolute atomic E-state index is 0.164. The molecule has 7 heteroatoms. The zero-order valence-corrected chi connectivity index (χ0v) is 12.4. The lowest BCUT2D eigenvalue weighted by molar-refractivity contribution is -0.115. The SMILES string of the molecule is CC(=O)N=C(N)c1ccc(N=NNc2ccc(C#N)cc2)cc1. The number of nitrogens with one attached hydrogen (secondary N) is 1. The molecule has 114 valence electrons. The number of nitriles is 1. The molecule has 7 nitrogen and oxygen atoms in total. The fourth-order valence-electron chi connectivity index (χ4n) is 1.69. The zero-order valence-electron chi connectivity index (χ0n) is 12.4. The van der Waals surface area contributed by atoms with Crippen LogP contribution in [0.15, 0.2) is 63.9 Å². The molecule has 0 fully saturated rings. The van der Waals surface area contributed by atoms with Crippen LogP contribution in [0.5, 0.6) is 0 Å². The molecule has 3 N–H and O–H groups in total. The highest BCUT2D eigenvalue weighted by molar-refractivity contribution is 6.03. The maximum atomic E-state index is 10.9. The first-order chi connectivity index (χ1) is 11.1. The normalized spacial score (nSPS) is 11.2. The number of benzene rings is 2. The third kappa shape index (κ3) is 4.75. The van der Waals surface area contributed by atoms with Crippen LogP contribution in [-0.2, 0) is 4.79 Å². The lowest BCUT2D eigenvalue weighted by Crippen LogP contribution is -2.14. The zero-order chi connectivity index (χ0) is 16.7. The van der Waals surface area contributed by atoms with Crippen LogP contribution in [-0.4, -0.2) is 11.7 Å². The molecule has 2 aromatic rings. The Morgan fingerprint density at radius 1 is 1.13 bits per heavy atom. The Bertz CT molecular complexity index is 785. The van der Waals surface area contributed by atoms with E-state index < -0.39 is 0 Å². The maximum absolute atomic E-state index is 10.9. The molecule has 0 heterocycles. The second-order valence-electron chi connectivity index (χ2n) is 4.56. The molecule has 2 aromatic carbocycles. The van der Waals surface area contributed by atoms with E-state index in [-0.39, 0.29) is 11.7 Å². The molecule has 1 amide bonds. The molecular formula is C16H14N6O. The smallest absolute Gasteiger partial charge is 0.244 e. The first-order valence-corrected chi connectivity index (χ1v) is 6.70. The van der Waals surface area contributed by atoms with Gasteiger partial charge in [-0.1, -0.05) is 5.22 Å². The van der Waals surface area contributed by atoms with Crippen LogP contribution in [0.25, 0.3) is 0 Å². The average molecular weight is 306 g/mol. The van der Waals surface area contributed by atoms with Crippen molar-refractivity contribution in [1.82, 2.24) is 0 Å². The van der Waals surface area contributed by atoms with Crippen LogP contribution in [0.1, 0.15) is 18.1 Å². The molecule has 0 bridgehead atoms. The van der Waals surface area contributed by atoms with E-state index in [1.165, 1.54) is 6.92 Å². The van der Waals surface area contributed by atoms with Gasteiger partial charge in [0.2, 0.25) is 5.91 Å². The Balaban J connectivity index is 2.00. The molecule has 23 heavy (non-hydrogen) atoms. The summed E-state index contributed by atoms with van der Waals surface area (Å²) < 4.78 is 0. The van der Waals surface area contributed by atoms with Gasteiger partial charge in [0.1, 0.15) is 5.84 Å². The van der Waals surface area contributed by atoms with Crippen molar-refractivity contribution in [2.75, 3.05) is 5.43 Å². The number of aliphatic imine (C=N–C) groups is 1. The fourth-order valence-corrected chi connectivity index (χ4v) is 1.69. The van der Waals surface area contributed by atoms with Gasteiger partial charge >= 0.3 is 0 Å². The van der Waals surface area contributed by atoms with Crippen molar-refractivity contribution in [3.63, 3.8) is 0 Å². The Morgan fingerprint density at radius 3 is 2.35 bits per heavy atom. The van der Waals surface area contributed by atoms with E-state index in [2.05, 4.69) is 20.8 Å². The van der Waals surface area contributed by atoms with Crippen LogP contribution in [0, 0.1) is 11.3 Å². The fraction of sp³-hybridized carbons (Fsp3) is 0.0625. The van der Waals surface area contributed by atoms with Crippen molar-refractivity contribution in [1.29, 1.82) is 5.26 Å². The van der Waals surface area contributed by atoms with E-state index in [4.69, 9.17) is 11.0 Å². The average Bonchev–Trinajstić information content (AvgIpc) is 2.55. The lowest BCUT2D eigenvalue weighted by Gasteiger charge is -2.00. The van der Waals surface area contributed by atoms with Gasteiger partial charge in [0, 0.05) is 12.5 Å². The van der Waals surface area contributed by atoms with Gasteiger partial charge in [0.25, 0.3) is 0 Å². The third-order valence-corrected chi connectivity index (χ3v) is 2.80. The number of carbonyl (C=O) groups excluding carboxylic acids is 1. The van der Waals surface area contributed by atoms with Crippen molar-refractivity contribution in [3.05, 3.63) is 59.7 Å². The van der Waals surface area contributed by atoms with Crippen molar-refractivity contribution >= 4 is 23.1 Å². The van der Waals surface area contributed by atoms with Gasteiger partial charge in [0.05, 0.1) is 23.0 Å². The topological polar surface area (TPSA) is 116 Å². The number of anilines is 1. The van der Waals surface area contributed by atoms with Gasteiger partial charge in [-0.05, 0) is 48.5 Å². The molecule has 0 unspecified atom stereocenters. The van der Waals surface area contributed by atoms with Gasteiger partial charge < -0.3 is 5.73 Å². The highest BCUT2D eigenvalue weighted by Gasteiger charge is 2.00. The van der Waals surface area contributed by atoms with Gasteiger partial charge in [-0.2, -0.15) is 10.3 Å². The number of nitrogens with zero attached hydrogens (tertiary/aromatic N) is 4. The number of hydrogen-bond acceptors (Lipinski definition) is 4. The molecule has 2 rings (SSSR count). The van der Waals surface area contributed by atoms with Crippen LogP contribution in [0.3, 0.4) is 0 Å². The number of amidine groups is 1. The van der Waals surface area contributed by atoms with Gasteiger partial charge in [-0.15, -0.1) is 5.11 Å². The number of rotatable bonds is 4. The monoisotopic (exact) mass is 306 g/mol. The summed E-state index contributed by atoms with van der Waals surface area (Å²) in [6, 6.07) is 15.7. The maximum Gasteiger partial charge on any atom is 0.244 e. The summed E-state index contributed by atoms with van der Waals surface area (Å²) in [7, 11) is 0. The molecule has 0 aromatic heterocycles. The number of hydrogen-bond donors (Lipinski definition) is 2. The van der Waals surface area contributed by atoms with Crippen LogP contribution in [0.4, 0.5) is 11.4 Å². The number of nitrogens with two attached hydrogens (primary N) is 1. The summed E-state index contributed by atoms with van der Waals surface area (Å²) in [6.07, 6.45) is 0. The summed E-state index contributed by atoms with van der Waals surface area (Å²) in [5.74, 6) is -0.186. The Morgan fingerprint density at radius 2 is 1.78 bits per heavy atom. The quantitative estimate of drug-likeness (QED) is 0.391. The van der Waals surface area contributed by atoms with Crippen LogP contribution >= 0.6 is 0 Å². The van der Waals surface area contributed by atoms with E-state index >= 15 is 0 Å². The standard InChI is InChI=1S/C16H14N6O/c1-11(23)19-16(18)13-4-8-15(9-5-13)21-22-20-14-6-2-12(10-17)3-7-14/h2-9H,1H3,(H,20,21)(H2,18,19,23). The van der Waals surface area contributed by atoms with Crippen LogP contribution in [0.2, 0.25) is 0 Å². The molecule has 0 radical (unpaired) electrons. The molecular weight excluding hydrogens is 292 g/mol. The highest BCUT2D eigenvalue weighted by Crippen LogP contribution is 2.15. The second kappa shape index (κ2) is 7.47. The van der Waals surface area contributed by atoms with Crippen molar-refractivity contribution in [2.45, 2.75) is 6.92 Å². The second-order valence-corrected chi connectivity index (χ2v) is 4.56. The summed E-state index contributed by atoms with van der Waals surface area (Å²) in [4.78, 5) is 14.5. The molecule has 0 saturated heterocycles. The van der Waals surface area contributed by atoms with Crippen molar-refractivity contribution in [3.8, 4) is 6.07 Å². The molecule has 0 aliphatic heterocycles. The summed E-state index contributed by atoms with van der Waals surface area (Å²) >= 11 is 0. The van der Waals surface area contributed by atoms with Gasteiger partial charge in [-0.3, -0.25) is 10.2 Å². The van der Waals surface area contributed by atoms with Crippen molar-refractivity contribution < 1.29 is 4.79 Å². The lowest BCUT2D eigenvalue weighted by atomic mass is 10.2. The highest BCUT2D eigenvalue weighted by atomic mass is 16.1. The van der Waals surface area contributed by atoms with E-state index in [1.807, 2.05) is 6.07 Å². The van der Waals surface area contributed by atoms with Crippen molar-refractivity contribution in [2.24, 2.45) is 21.1 Å². The van der Waals surface area contributed by atoms with E-state index in [9.17, 15) is 4.79 Å². The predicted octanol–water partition coefficient (Wildman–Crippen LogP) is 2.92. The Labute approximate surface area is 133 Å². The van der Waals surface area contributed by atoms with E-state index in [0.717, 1.165) is 5.69 Å². The summed E-state index contributed by atoms with van der Waals surface area (Å²) in [5.41, 5.74) is 11.0. The Hall–Kier alpha value is -3.53. The van der Waals surface area contributed by atoms with E-state index in [1.54, 1.807) is 48.5 Å². The number of amides is 1. The Kier molecular flexibility index (Phi) is 5.15. The first-order valence-electron chi connectivity index (χ1n) is 6.70. The summed E-state index contributed by atoms with van der Waals surface area (Å²) in [6.45, 7) is 1.34. The predicted molar refractivity (Wildman–Crippen MR) is 87.1 cm³/mol. The van der Waals surface area contributed by atoms with E-state index in [0.29, 0.717) is 16.8 Å². The number of carbonyl (C=O) groups is 1. The molecule has 0 spiro atoms. The van der Waals surface area contributed by atoms with Gasteiger partial charge in [0.15, 0.2) is 0 Å². The third-order valence-electron chi connectivity index (χ3n) is 2.80. The molecule has 0 aliphatic rings. The summed E-state index contributed by atoms with van der Waals surface area (Å²) in [5, 5.41) is 16.6. The molecule has 0 aliphatic carbocycles. The minimum atomic E-state index is -0.349. The molecule has 0 saturated carbocycles. The molecule has 0 atom stereocenters. The minimum Gasteiger partial charge on any atom is -0.383 e. The first kappa shape index (κ1) is 15.9. The van der Waals surface area contributed by atoms with Gasteiger partial charge in [-0.25, -0.2) is 0 Å². The van der Waals surface area contributed by atoms with Crippen LogP contribution < -0.4 is 11.2 Å².